The van der Waals surface area contributed by atoms with Gasteiger partial charge in [0.05, 0.1) is 35.0 Å². The van der Waals surface area contributed by atoms with Crippen molar-refractivity contribution in [3.8, 4) is 11.5 Å². The van der Waals surface area contributed by atoms with Crippen LogP contribution in [0.4, 0.5) is 34.1 Å². The Bertz CT molecular complexity index is 2720. The molecule has 4 unspecified atom stereocenters. The second-order valence-electron chi connectivity index (χ2n) is 14.4. The van der Waals surface area contributed by atoms with Crippen LogP contribution >= 0.6 is 46.4 Å². The summed E-state index contributed by atoms with van der Waals surface area (Å²) in [5.74, 6) is -4.25. The van der Waals surface area contributed by atoms with E-state index in [-0.39, 0.29) is 66.2 Å². The maximum absolute atomic E-state index is 13.6. The van der Waals surface area contributed by atoms with Crippen molar-refractivity contribution in [2.24, 2.45) is 20.5 Å². The van der Waals surface area contributed by atoms with Crippen molar-refractivity contribution >= 4 is 116 Å². The molecule has 0 aliphatic rings. The second-order valence-corrected chi connectivity index (χ2v) is 16.5. The molecule has 5 aromatic carbocycles. The third kappa shape index (κ3) is 13.2. The van der Waals surface area contributed by atoms with E-state index >= 15 is 0 Å². The van der Waals surface area contributed by atoms with E-state index in [2.05, 4.69) is 41.7 Å². The number of hydrogen-bond donors (Lipinski definition) is 4. The number of Topliss-reactive ketones (excluding diaryl/α,β-unsaturated/α-hetero) is 2. The minimum atomic E-state index is -1.70. The number of ether oxygens (including phenoxy) is 2. The van der Waals surface area contributed by atoms with Gasteiger partial charge in [0.25, 0.3) is 23.6 Å². The van der Waals surface area contributed by atoms with E-state index in [1.165, 1.54) is 62.8 Å². The second kappa shape index (κ2) is 22.9. The van der Waals surface area contributed by atoms with Crippen LogP contribution in [0.2, 0.25) is 10.0 Å². The molecule has 16 nitrogen and oxygen atoms in total. The quantitative estimate of drug-likeness (QED) is 0.0375. The number of azo groups is 2. The lowest BCUT2D eigenvalue weighted by Gasteiger charge is -2.18. The molecule has 0 saturated carbocycles. The number of anilines is 4. The summed E-state index contributed by atoms with van der Waals surface area (Å²) in [5, 5.41) is 26.3. The minimum absolute atomic E-state index is 0.00418. The van der Waals surface area contributed by atoms with Crippen LogP contribution in [0, 0.1) is 0 Å². The molecule has 0 bridgehead atoms. The van der Waals surface area contributed by atoms with Gasteiger partial charge in [0.15, 0.2) is 11.6 Å². The van der Waals surface area contributed by atoms with Crippen LogP contribution in [0.1, 0.15) is 70.3 Å². The standard InChI is InChI=1S/C46H42Cl4N8O8/c1-23(47)27-9-7-11-31(17-27)51-43(61)29-13-15-34(49)36(19-29)55-57-40(25(3)59)45(63)53-33-21-38(65-5)42(39(22-33)66-6)54-46(64)41(26(4)60)58-56-37-20-30(14-16-35(37)50)44(62)52-32-12-8-10-28(18-32)24(2)48/h7-24,40-41H,1-6H3,(H,51,61)(H,52,62)(H,53,63)(H,54,64). The summed E-state index contributed by atoms with van der Waals surface area (Å²) in [4.78, 5) is 78.7. The monoisotopic (exact) mass is 974 g/mol. The molecule has 0 aliphatic carbocycles. The number of carbonyl (C=O) groups is 6. The molecule has 342 valence electrons. The van der Waals surface area contributed by atoms with Crippen molar-refractivity contribution in [1.82, 2.24) is 0 Å². The molecule has 0 aromatic heterocycles. The molecule has 0 heterocycles. The summed E-state index contributed by atoms with van der Waals surface area (Å²) in [6.45, 7) is 5.88. The highest BCUT2D eigenvalue weighted by atomic mass is 35.5. The van der Waals surface area contributed by atoms with Gasteiger partial charge >= 0.3 is 0 Å². The van der Waals surface area contributed by atoms with Crippen molar-refractivity contribution in [3.63, 3.8) is 0 Å². The molecule has 4 N–H and O–H groups in total. The highest BCUT2D eigenvalue weighted by Gasteiger charge is 2.28. The average molecular weight is 977 g/mol. The van der Waals surface area contributed by atoms with Crippen LogP contribution in [0.5, 0.6) is 11.5 Å². The molecule has 66 heavy (non-hydrogen) atoms. The number of methoxy groups -OCH3 is 2. The molecular weight excluding hydrogens is 934 g/mol. The van der Waals surface area contributed by atoms with Gasteiger partial charge in [-0.25, -0.2) is 0 Å². The first-order valence-electron chi connectivity index (χ1n) is 19.8. The van der Waals surface area contributed by atoms with E-state index in [1.54, 1.807) is 50.2 Å². The summed E-state index contributed by atoms with van der Waals surface area (Å²) < 4.78 is 11.0. The molecule has 5 rings (SSSR count). The highest BCUT2D eigenvalue weighted by Crippen LogP contribution is 2.39. The largest absolute Gasteiger partial charge is 0.494 e. The zero-order valence-corrected chi connectivity index (χ0v) is 39.1. The number of halogens is 4. The normalized spacial score (nSPS) is 13.0. The van der Waals surface area contributed by atoms with E-state index in [0.29, 0.717) is 11.4 Å². The smallest absolute Gasteiger partial charge is 0.259 e. The SMILES string of the molecule is COc1cc(NC(=O)C(N=Nc2cc(C(=O)Nc3cccc(C(C)Cl)c3)ccc2Cl)C(C)=O)cc(OC)c1NC(=O)C(N=Nc1cc(C(=O)Nc2cccc(C(C)Cl)c2)ccc1Cl)C(C)=O. The average Bonchev–Trinajstić information content (AvgIpc) is 3.27. The summed E-state index contributed by atoms with van der Waals surface area (Å²) in [6.07, 6.45) is 0. The lowest BCUT2D eigenvalue weighted by atomic mass is 10.1. The summed E-state index contributed by atoms with van der Waals surface area (Å²) in [5.41, 5.74) is 2.99. The molecule has 0 aliphatic heterocycles. The minimum Gasteiger partial charge on any atom is -0.494 e. The summed E-state index contributed by atoms with van der Waals surface area (Å²) in [6, 6.07) is 21.8. The predicted molar refractivity (Wildman–Crippen MR) is 255 cm³/mol. The topological polar surface area (TPSA) is 218 Å². The van der Waals surface area contributed by atoms with Crippen LogP contribution < -0.4 is 30.7 Å². The van der Waals surface area contributed by atoms with Gasteiger partial charge in [-0.05, 0) is 99.5 Å². The first-order valence-corrected chi connectivity index (χ1v) is 21.4. The Kier molecular flexibility index (Phi) is 17.5. The van der Waals surface area contributed by atoms with Crippen molar-refractivity contribution in [2.45, 2.75) is 50.5 Å². The zero-order valence-electron chi connectivity index (χ0n) is 36.1. The van der Waals surface area contributed by atoms with Crippen molar-refractivity contribution in [2.75, 3.05) is 35.5 Å². The van der Waals surface area contributed by atoms with Gasteiger partial charge in [-0.1, -0.05) is 47.5 Å². The Morgan fingerprint density at radius 2 is 0.939 bits per heavy atom. The van der Waals surface area contributed by atoms with Gasteiger partial charge in [-0.3, -0.25) is 28.8 Å². The van der Waals surface area contributed by atoms with Crippen LogP contribution in [0.25, 0.3) is 0 Å². The van der Waals surface area contributed by atoms with E-state index in [4.69, 9.17) is 55.9 Å². The molecule has 0 radical (unpaired) electrons. The maximum atomic E-state index is 13.6. The number of alkyl halides is 2. The van der Waals surface area contributed by atoms with Gasteiger partial charge in [0, 0.05) is 40.3 Å². The number of nitrogens with zero attached hydrogens (tertiary/aromatic N) is 4. The van der Waals surface area contributed by atoms with Gasteiger partial charge < -0.3 is 30.7 Å². The summed E-state index contributed by atoms with van der Waals surface area (Å²) >= 11 is 25.1. The lowest BCUT2D eigenvalue weighted by Crippen LogP contribution is -2.32. The third-order valence-corrected chi connectivity index (χ3v) is 10.6. The first kappa shape index (κ1) is 50.3. The fraction of sp³-hybridized carbons (Fsp3) is 0.217. The summed E-state index contributed by atoms with van der Waals surface area (Å²) in [7, 11) is 2.56. The molecule has 0 spiro atoms. The highest BCUT2D eigenvalue weighted by molar-refractivity contribution is 6.33. The number of amides is 4. The predicted octanol–water partition coefficient (Wildman–Crippen LogP) is 11.5. The van der Waals surface area contributed by atoms with Crippen molar-refractivity contribution in [1.29, 1.82) is 0 Å². The maximum Gasteiger partial charge on any atom is 0.259 e. The molecule has 4 amide bonds. The van der Waals surface area contributed by atoms with Crippen LogP contribution in [0.15, 0.2) is 118 Å². The number of benzene rings is 5. The fourth-order valence-electron chi connectivity index (χ4n) is 5.98. The molecule has 5 aromatic rings. The van der Waals surface area contributed by atoms with Crippen LogP contribution in [-0.4, -0.2) is 61.5 Å². The Balaban J connectivity index is 1.30. The van der Waals surface area contributed by atoms with E-state index in [0.717, 1.165) is 25.0 Å². The lowest BCUT2D eigenvalue weighted by molar-refractivity contribution is -0.127. The number of rotatable bonds is 18. The number of carbonyl (C=O) groups excluding carboxylic acids is 6. The zero-order chi connectivity index (χ0) is 48.2. The Morgan fingerprint density at radius 3 is 1.32 bits per heavy atom. The molecule has 4 atom stereocenters. The van der Waals surface area contributed by atoms with E-state index in [1.807, 2.05) is 12.1 Å². The van der Waals surface area contributed by atoms with Crippen LogP contribution in [0.3, 0.4) is 0 Å². The van der Waals surface area contributed by atoms with Gasteiger partial charge in [-0.15, -0.1) is 23.2 Å². The molecular formula is C46H42Cl4N8O8. The van der Waals surface area contributed by atoms with E-state index in [9.17, 15) is 28.8 Å². The Morgan fingerprint density at radius 1 is 0.530 bits per heavy atom. The number of hydrogen-bond acceptors (Lipinski definition) is 12. The van der Waals surface area contributed by atoms with Gasteiger partial charge in [-0.2, -0.15) is 20.5 Å². The van der Waals surface area contributed by atoms with Gasteiger partial charge in [0.1, 0.15) is 28.6 Å². The van der Waals surface area contributed by atoms with E-state index < -0.39 is 47.3 Å². The first-order chi connectivity index (χ1) is 31.4. The Labute approximate surface area is 399 Å². The Hall–Kier alpha value is -6.72. The molecule has 0 saturated heterocycles. The third-order valence-electron chi connectivity index (χ3n) is 9.47. The number of nitrogens with one attached hydrogen (secondary N) is 4. The molecule has 0 fully saturated rings. The molecule has 20 heteroatoms. The van der Waals surface area contributed by atoms with Gasteiger partial charge in [0.2, 0.25) is 12.1 Å². The van der Waals surface area contributed by atoms with Crippen molar-refractivity contribution < 1.29 is 38.2 Å². The number of ketones is 2. The fourth-order valence-corrected chi connectivity index (χ4v) is 6.56. The van der Waals surface area contributed by atoms with Crippen molar-refractivity contribution in [3.05, 3.63) is 129 Å². The van der Waals surface area contributed by atoms with Crippen LogP contribution in [-0.2, 0) is 19.2 Å².